The van der Waals surface area contributed by atoms with Gasteiger partial charge in [-0.15, -0.1) is 11.3 Å². The number of amides is 2. The van der Waals surface area contributed by atoms with Crippen LogP contribution in [0.4, 0.5) is 0 Å². The number of hydroxylamine groups is 1. The standard InChI is InChI=1S/C24H22N2O3S/c1-16-7-9-18(10-8-16)20(13-17-5-3-2-4-6-17)24(28)26-12-11-21-19(15-26)14-22(30-21)23(27)25-29/h2-10,13-14,29H,11-12,15H2,1H3,(H,25,27)/b20-13+. The first-order valence-corrected chi connectivity index (χ1v) is 10.6. The summed E-state index contributed by atoms with van der Waals surface area (Å²) in [7, 11) is 0. The van der Waals surface area contributed by atoms with Gasteiger partial charge in [-0.05, 0) is 42.2 Å². The van der Waals surface area contributed by atoms with Crippen LogP contribution >= 0.6 is 11.3 Å². The molecule has 0 fully saturated rings. The maximum atomic E-state index is 13.5. The highest BCUT2D eigenvalue weighted by molar-refractivity contribution is 7.14. The molecular weight excluding hydrogens is 396 g/mol. The van der Waals surface area contributed by atoms with E-state index in [4.69, 9.17) is 5.21 Å². The molecule has 0 saturated carbocycles. The number of benzene rings is 2. The van der Waals surface area contributed by atoms with E-state index in [0.717, 1.165) is 27.1 Å². The predicted octanol–water partition coefficient (Wildman–Crippen LogP) is 4.30. The van der Waals surface area contributed by atoms with Crippen molar-refractivity contribution in [3.05, 3.63) is 92.7 Å². The first-order valence-electron chi connectivity index (χ1n) is 9.74. The number of fused-ring (bicyclic) bond motifs is 1. The van der Waals surface area contributed by atoms with E-state index in [1.165, 1.54) is 11.3 Å². The van der Waals surface area contributed by atoms with Crippen LogP contribution < -0.4 is 5.48 Å². The minimum atomic E-state index is -0.517. The summed E-state index contributed by atoms with van der Waals surface area (Å²) in [5, 5.41) is 8.88. The van der Waals surface area contributed by atoms with Crippen LogP contribution in [-0.4, -0.2) is 28.5 Å². The van der Waals surface area contributed by atoms with Crippen molar-refractivity contribution < 1.29 is 14.8 Å². The van der Waals surface area contributed by atoms with Crippen LogP contribution in [-0.2, 0) is 17.8 Å². The zero-order chi connectivity index (χ0) is 21.1. The van der Waals surface area contributed by atoms with Crippen LogP contribution in [0.15, 0.2) is 60.7 Å². The van der Waals surface area contributed by atoms with Crippen molar-refractivity contribution in [1.29, 1.82) is 0 Å². The predicted molar refractivity (Wildman–Crippen MR) is 118 cm³/mol. The monoisotopic (exact) mass is 418 g/mol. The first kappa shape index (κ1) is 20.1. The summed E-state index contributed by atoms with van der Waals surface area (Å²) in [6.07, 6.45) is 2.62. The molecule has 0 aliphatic carbocycles. The molecule has 152 valence electrons. The highest BCUT2D eigenvalue weighted by atomic mass is 32.1. The third-order valence-electron chi connectivity index (χ3n) is 5.18. The lowest BCUT2D eigenvalue weighted by atomic mass is 9.99. The lowest BCUT2D eigenvalue weighted by molar-refractivity contribution is -0.125. The number of hydrogen-bond acceptors (Lipinski definition) is 4. The van der Waals surface area contributed by atoms with Gasteiger partial charge in [-0.1, -0.05) is 60.2 Å². The summed E-state index contributed by atoms with van der Waals surface area (Å²) in [5.41, 5.74) is 6.27. The molecule has 6 heteroatoms. The van der Waals surface area contributed by atoms with Gasteiger partial charge in [0.1, 0.15) is 0 Å². The zero-order valence-corrected chi connectivity index (χ0v) is 17.4. The molecule has 0 radical (unpaired) electrons. The summed E-state index contributed by atoms with van der Waals surface area (Å²) in [4.78, 5) is 28.6. The fraction of sp³-hybridized carbons (Fsp3) is 0.167. The molecule has 3 aromatic rings. The van der Waals surface area contributed by atoms with E-state index in [0.29, 0.717) is 30.0 Å². The Labute approximate surface area is 179 Å². The number of rotatable bonds is 4. The van der Waals surface area contributed by atoms with Crippen molar-refractivity contribution in [2.24, 2.45) is 0 Å². The van der Waals surface area contributed by atoms with Gasteiger partial charge >= 0.3 is 0 Å². The van der Waals surface area contributed by atoms with E-state index in [1.54, 1.807) is 11.5 Å². The molecule has 30 heavy (non-hydrogen) atoms. The fourth-order valence-corrected chi connectivity index (χ4v) is 4.61. The summed E-state index contributed by atoms with van der Waals surface area (Å²) >= 11 is 1.37. The Kier molecular flexibility index (Phi) is 5.79. The molecule has 2 aromatic carbocycles. The second-order valence-electron chi connectivity index (χ2n) is 7.31. The van der Waals surface area contributed by atoms with Gasteiger partial charge in [-0.3, -0.25) is 14.8 Å². The molecule has 0 saturated heterocycles. The minimum Gasteiger partial charge on any atom is -0.334 e. The molecule has 1 aliphatic heterocycles. The lowest BCUT2D eigenvalue weighted by Crippen LogP contribution is -2.35. The Hall–Kier alpha value is -3.22. The summed E-state index contributed by atoms with van der Waals surface area (Å²) in [6, 6.07) is 19.6. The lowest BCUT2D eigenvalue weighted by Gasteiger charge is -2.28. The molecule has 4 rings (SSSR count). The van der Waals surface area contributed by atoms with E-state index in [9.17, 15) is 9.59 Å². The van der Waals surface area contributed by atoms with Gasteiger partial charge < -0.3 is 4.90 Å². The first-order chi connectivity index (χ1) is 14.5. The van der Waals surface area contributed by atoms with Gasteiger partial charge in [0, 0.05) is 23.5 Å². The smallest absolute Gasteiger partial charge is 0.284 e. The molecule has 2 N–H and O–H groups in total. The number of carbonyl (C=O) groups is 2. The molecule has 2 amide bonds. The Balaban J connectivity index is 1.65. The fourth-order valence-electron chi connectivity index (χ4n) is 3.56. The van der Waals surface area contributed by atoms with Gasteiger partial charge in [0.2, 0.25) is 0 Å². The average Bonchev–Trinajstić information content (AvgIpc) is 3.21. The second-order valence-corrected chi connectivity index (χ2v) is 8.45. The normalized spacial score (nSPS) is 13.7. The van der Waals surface area contributed by atoms with Crippen molar-refractivity contribution in [3.8, 4) is 0 Å². The third kappa shape index (κ3) is 4.20. The summed E-state index contributed by atoms with van der Waals surface area (Å²) in [5.74, 6) is -0.552. The summed E-state index contributed by atoms with van der Waals surface area (Å²) in [6.45, 7) is 3.06. The summed E-state index contributed by atoms with van der Waals surface area (Å²) < 4.78 is 0. The van der Waals surface area contributed by atoms with Crippen LogP contribution in [0.1, 0.15) is 36.8 Å². The van der Waals surface area contributed by atoms with E-state index in [-0.39, 0.29) is 5.91 Å². The number of nitrogens with zero attached hydrogens (tertiary/aromatic N) is 1. The molecule has 1 aliphatic rings. The largest absolute Gasteiger partial charge is 0.334 e. The number of thiophene rings is 1. The van der Waals surface area contributed by atoms with Crippen molar-refractivity contribution in [3.63, 3.8) is 0 Å². The highest BCUT2D eigenvalue weighted by Gasteiger charge is 2.26. The molecule has 5 nitrogen and oxygen atoms in total. The Morgan fingerprint density at radius 3 is 2.53 bits per heavy atom. The Morgan fingerprint density at radius 1 is 1.10 bits per heavy atom. The second kappa shape index (κ2) is 8.65. The van der Waals surface area contributed by atoms with Gasteiger partial charge in [0.15, 0.2) is 0 Å². The van der Waals surface area contributed by atoms with Crippen molar-refractivity contribution in [1.82, 2.24) is 10.4 Å². The van der Waals surface area contributed by atoms with Gasteiger partial charge in [0.05, 0.1) is 4.88 Å². The van der Waals surface area contributed by atoms with Crippen molar-refractivity contribution >= 4 is 34.8 Å². The van der Waals surface area contributed by atoms with Crippen LogP contribution in [0.2, 0.25) is 0 Å². The van der Waals surface area contributed by atoms with Crippen molar-refractivity contribution in [2.45, 2.75) is 19.9 Å². The number of nitrogens with one attached hydrogen (secondary N) is 1. The highest BCUT2D eigenvalue weighted by Crippen LogP contribution is 2.30. The van der Waals surface area contributed by atoms with Crippen LogP contribution in [0, 0.1) is 6.92 Å². The van der Waals surface area contributed by atoms with E-state index in [2.05, 4.69) is 0 Å². The molecule has 0 atom stereocenters. The van der Waals surface area contributed by atoms with Gasteiger partial charge in [-0.25, -0.2) is 5.48 Å². The molecule has 2 heterocycles. The maximum absolute atomic E-state index is 13.5. The van der Waals surface area contributed by atoms with E-state index >= 15 is 0 Å². The topological polar surface area (TPSA) is 69.6 Å². The van der Waals surface area contributed by atoms with Crippen LogP contribution in [0.25, 0.3) is 11.6 Å². The number of carbonyl (C=O) groups excluding carboxylic acids is 2. The molecule has 1 aromatic heterocycles. The van der Waals surface area contributed by atoms with Gasteiger partial charge in [0.25, 0.3) is 11.8 Å². The minimum absolute atomic E-state index is 0.0345. The van der Waals surface area contributed by atoms with E-state index < -0.39 is 5.91 Å². The average molecular weight is 419 g/mol. The van der Waals surface area contributed by atoms with E-state index in [1.807, 2.05) is 72.5 Å². The Morgan fingerprint density at radius 2 is 1.83 bits per heavy atom. The van der Waals surface area contributed by atoms with Crippen LogP contribution in [0.5, 0.6) is 0 Å². The quantitative estimate of drug-likeness (QED) is 0.287. The maximum Gasteiger partial charge on any atom is 0.284 e. The molecule has 0 spiro atoms. The molecule has 0 unspecified atom stereocenters. The SMILES string of the molecule is Cc1ccc(/C(=C\c2ccccc2)C(=O)N2CCc3sc(C(=O)NO)cc3C2)cc1. The van der Waals surface area contributed by atoms with Crippen LogP contribution in [0.3, 0.4) is 0 Å². The molecule has 0 bridgehead atoms. The third-order valence-corrected chi connectivity index (χ3v) is 6.42. The molecular formula is C24H22N2O3S. The van der Waals surface area contributed by atoms with Gasteiger partial charge in [-0.2, -0.15) is 0 Å². The number of aryl methyl sites for hydroxylation is 1. The zero-order valence-electron chi connectivity index (χ0n) is 16.6. The Bertz CT molecular complexity index is 1100. The van der Waals surface area contributed by atoms with Crippen molar-refractivity contribution in [2.75, 3.05) is 6.54 Å². The number of hydrogen-bond donors (Lipinski definition) is 2.